The highest BCUT2D eigenvalue weighted by Crippen LogP contribution is 2.28. The summed E-state index contributed by atoms with van der Waals surface area (Å²) < 4.78 is 54.1. The molecule has 1 saturated heterocycles. The molecule has 0 aromatic heterocycles. The van der Waals surface area contributed by atoms with E-state index < -0.39 is 23.3 Å². The molecule has 1 unspecified atom stereocenters. The second kappa shape index (κ2) is 11.3. The Morgan fingerprint density at radius 2 is 1.74 bits per heavy atom. The topological polar surface area (TPSA) is 40.6 Å². The summed E-state index contributed by atoms with van der Waals surface area (Å²) in [7, 11) is 1.69. The first-order valence-corrected chi connectivity index (χ1v) is 11.3. The summed E-state index contributed by atoms with van der Waals surface area (Å²) in [5, 5.41) is 0. The van der Waals surface area contributed by atoms with Crippen LogP contribution in [0.4, 0.5) is 17.6 Å². The number of nitrogens with zero attached hydrogens (tertiary/aromatic N) is 2. The van der Waals surface area contributed by atoms with Gasteiger partial charge in [-0.15, -0.1) is 0 Å². The van der Waals surface area contributed by atoms with Gasteiger partial charge >= 0.3 is 0 Å². The molecule has 1 heterocycles. The fourth-order valence-electron chi connectivity index (χ4n) is 4.36. The lowest BCUT2D eigenvalue weighted by molar-refractivity contribution is -0.134. The number of amides is 2. The van der Waals surface area contributed by atoms with E-state index in [9.17, 15) is 27.2 Å². The molecule has 2 aromatic rings. The van der Waals surface area contributed by atoms with Crippen molar-refractivity contribution in [3.05, 3.63) is 76.9 Å². The molecule has 2 aromatic carbocycles. The van der Waals surface area contributed by atoms with E-state index in [4.69, 9.17) is 0 Å². The number of halogens is 4. The van der Waals surface area contributed by atoms with Crippen LogP contribution in [0.15, 0.2) is 42.5 Å². The SMILES string of the molecule is CCC(=O)N(C)C(Cc1ccc(F)cc1F)C1CCN(C(=O)/C=C/c2ccc(F)c(F)c2)CC1. The average molecular weight is 477 g/mol. The highest BCUT2D eigenvalue weighted by Gasteiger charge is 2.32. The van der Waals surface area contributed by atoms with E-state index in [-0.39, 0.29) is 30.2 Å². The summed E-state index contributed by atoms with van der Waals surface area (Å²) in [5.74, 6) is -3.51. The standard InChI is InChI=1S/C26H28F4N2O2/c1-3-25(33)31(2)24(15-19-6-7-20(27)16-22(19)29)18-10-12-32(13-11-18)26(34)9-5-17-4-8-21(28)23(30)14-17/h4-9,14,16,18,24H,3,10-13,15H2,1-2H3/b9-5+. The van der Waals surface area contributed by atoms with E-state index in [1.54, 1.807) is 23.8 Å². The van der Waals surface area contributed by atoms with E-state index >= 15 is 0 Å². The quantitative estimate of drug-likeness (QED) is 0.418. The molecule has 8 heteroatoms. The van der Waals surface area contributed by atoms with Crippen LogP contribution in [0.3, 0.4) is 0 Å². The molecule has 0 radical (unpaired) electrons. The molecule has 34 heavy (non-hydrogen) atoms. The van der Waals surface area contributed by atoms with Crippen molar-refractivity contribution in [2.45, 2.75) is 38.6 Å². The molecule has 0 saturated carbocycles. The largest absolute Gasteiger partial charge is 0.342 e. The first-order valence-electron chi connectivity index (χ1n) is 11.3. The second-order valence-corrected chi connectivity index (χ2v) is 8.53. The predicted molar refractivity (Wildman–Crippen MR) is 122 cm³/mol. The van der Waals surface area contributed by atoms with Crippen LogP contribution in [0.2, 0.25) is 0 Å². The van der Waals surface area contributed by atoms with E-state index in [0.717, 1.165) is 18.2 Å². The highest BCUT2D eigenvalue weighted by molar-refractivity contribution is 5.91. The molecule has 2 amide bonds. The number of rotatable bonds is 7. The fourth-order valence-corrected chi connectivity index (χ4v) is 4.36. The molecule has 0 N–H and O–H groups in total. The number of likely N-dealkylation sites (tertiary alicyclic amines) is 1. The molecule has 1 atom stereocenters. The summed E-state index contributed by atoms with van der Waals surface area (Å²) >= 11 is 0. The Hall–Kier alpha value is -3.16. The number of carbonyl (C=O) groups excluding carboxylic acids is 2. The van der Waals surface area contributed by atoms with Crippen molar-refractivity contribution < 1.29 is 27.2 Å². The van der Waals surface area contributed by atoms with Gasteiger partial charge in [-0.3, -0.25) is 9.59 Å². The lowest BCUT2D eigenvalue weighted by Gasteiger charge is -2.40. The van der Waals surface area contributed by atoms with E-state index in [2.05, 4.69) is 0 Å². The van der Waals surface area contributed by atoms with Crippen molar-refractivity contribution in [1.29, 1.82) is 0 Å². The Morgan fingerprint density at radius 3 is 2.35 bits per heavy atom. The number of piperidine rings is 1. The maximum Gasteiger partial charge on any atom is 0.246 e. The molecule has 1 aliphatic rings. The van der Waals surface area contributed by atoms with Gasteiger partial charge in [-0.05, 0) is 60.6 Å². The van der Waals surface area contributed by atoms with Gasteiger partial charge < -0.3 is 9.80 Å². The molecule has 0 aliphatic carbocycles. The maximum absolute atomic E-state index is 14.3. The Bertz CT molecular complexity index is 1060. The molecular formula is C26H28F4N2O2. The second-order valence-electron chi connectivity index (χ2n) is 8.53. The van der Waals surface area contributed by atoms with Crippen molar-refractivity contribution in [2.75, 3.05) is 20.1 Å². The van der Waals surface area contributed by atoms with E-state index in [1.165, 1.54) is 30.4 Å². The number of likely N-dealkylation sites (N-methyl/N-ethyl adjacent to an activating group) is 1. The minimum atomic E-state index is -0.982. The first-order chi connectivity index (χ1) is 16.2. The van der Waals surface area contributed by atoms with Crippen molar-refractivity contribution in [2.24, 2.45) is 5.92 Å². The average Bonchev–Trinajstić information content (AvgIpc) is 2.83. The molecule has 182 valence electrons. The zero-order chi connectivity index (χ0) is 24.8. The van der Waals surface area contributed by atoms with Crippen molar-refractivity contribution in [3.8, 4) is 0 Å². The van der Waals surface area contributed by atoms with Crippen LogP contribution in [0.25, 0.3) is 6.08 Å². The Labute approximate surface area is 196 Å². The molecule has 1 aliphatic heterocycles. The van der Waals surface area contributed by atoms with Gasteiger partial charge in [0.15, 0.2) is 11.6 Å². The van der Waals surface area contributed by atoms with Crippen LogP contribution in [-0.2, 0) is 16.0 Å². The Kier molecular flexibility index (Phi) is 8.47. The summed E-state index contributed by atoms with van der Waals surface area (Å²) in [6, 6.07) is 6.57. The van der Waals surface area contributed by atoms with Crippen LogP contribution in [0, 0.1) is 29.2 Å². The van der Waals surface area contributed by atoms with Gasteiger partial charge in [0, 0.05) is 44.7 Å². The van der Waals surface area contributed by atoms with Gasteiger partial charge in [-0.2, -0.15) is 0 Å². The summed E-state index contributed by atoms with van der Waals surface area (Å²) in [6.45, 7) is 2.65. The van der Waals surface area contributed by atoms with Crippen LogP contribution in [0.5, 0.6) is 0 Å². The van der Waals surface area contributed by atoms with Gasteiger partial charge in [0.25, 0.3) is 0 Å². The van der Waals surface area contributed by atoms with Crippen LogP contribution >= 0.6 is 0 Å². The van der Waals surface area contributed by atoms with Gasteiger partial charge in [-0.25, -0.2) is 17.6 Å². The van der Waals surface area contributed by atoms with Gasteiger partial charge in [0.1, 0.15) is 11.6 Å². The maximum atomic E-state index is 14.3. The lowest BCUT2D eigenvalue weighted by atomic mass is 9.84. The number of hydrogen-bond acceptors (Lipinski definition) is 2. The summed E-state index contributed by atoms with van der Waals surface area (Å²) in [6.07, 6.45) is 4.54. The predicted octanol–water partition coefficient (Wildman–Crippen LogP) is 4.97. The lowest BCUT2D eigenvalue weighted by Crippen LogP contribution is -2.48. The van der Waals surface area contributed by atoms with Crippen molar-refractivity contribution in [1.82, 2.24) is 9.80 Å². The third-order valence-corrected chi connectivity index (χ3v) is 6.39. The molecule has 0 bridgehead atoms. The number of hydrogen-bond donors (Lipinski definition) is 0. The summed E-state index contributed by atoms with van der Waals surface area (Å²) in [4.78, 5) is 28.3. The minimum Gasteiger partial charge on any atom is -0.342 e. The van der Waals surface area contributed by atoms with Gasteiger partial charge in [0.05, 0.1) is 0 Å². The normalized spacial score (nSPS) is 15.5. The minimum absolute atomic E-state index is 0.0316. The first kappa shape index (κ1) is 25.5. The highest BCUT2D eigenvalue weighted by atomic mass is 19.2. The zero-order valence-electron chi connectivity index (χ0n) is 19.2. The smallest absolute Gasteiger partial charge is 0.246 e. The van der Waals surface area contributed by atoms with Crippen molar-refractivity contribution in [3.63, 3.8) is 0 Å². The van der Waals surface area contributed by atoms with Gasteiger partial charge in [0.2, 0.25) is 11.8 Å². The number of benzene rings is 2. The molecular weight excluding hydrogens is 448 g/mol. The third kappa shape index (κ3) is 6.24. The van der Waals surface area contributed by atoms with E-state index in [0.29, 0.717) is 43.5 Å². The van der Waals surface area contributed by atoms with E-state index in [1.807, 2.05) is 0 Å². The molecule has 1 fully saturated rings. The van der Waals surface area contributed by atoms with Crippen LogP contribution in [0.1, 0.15) is 37.3 Å². The van der Waals surface area contributed by atoms with Crippen LogP contribution in [-0.4, -0.2) is 47.8 Å². The monoisotopic (exact) mass is 476 g/mol. The molecule has 4 nitrogen and oxygen atoms in total. The zero-order valence-corrected chi connectivity index (χ0v) is 19.2. The third-order valence-electron chi connectivity index (χ3n) is 6.39. The fraction of sp³-hybridized carbons (Fsp3) is 0.385. The Balaban J connectivity index is 1.67. The summed E-state index contributed by atoms with van der Waals surface area (Å²) in [5.41, 5.74) is 0.721. The Morgan fingerprint density at radius 1 is 1.03 bits per heavy atom. The van der Waals surface area contributed by atoms with Crippen molar-refractivity contribution >= 4 is 17.9 Å². The van der Waals surface area contributed by atoms with Gasteiger partial charge in [-0.1, -0.05) is 19.1 Å². The number of carbonyl (C=O) groups is 2. The van der Waals surface area contributed by atoms with Crippen LogP contribution < -0.4 is 0 Å². The molecule has 3 rings (SSSR count). The molecule has 0 spiro atoms.